The third-order valence-electron chi connectivity index (χ3n) is 7.53. The number of piperidine rings is 1. The van der Waals surface area contributed by atoms with Gasteiger partial charge in [0.15, 0.2) is 5.78 Å². The number of piperazine rings is 1. The predicted octanol–water partition coefficient (Wildman–Crippen LogP) is 3.54. The molecule has 0 radical (unpaired) electrons. The predicted molar refractivity (Wildman–Crippen MR) is 137 cm³/mol. The van der Waals surface area contributed by atoms with Gasteiger partial charge in [-0.25, -0.2) is 9.18 Å². The topological polar surface area (TPSA) is 94.9 Å². The van der Waals surface area contributed by atoms with E-state index in [0.717, 1.165) is 52.0 Å². The first-order valence-corrected chi connectivity index (χ1v) is 13.4. The van der Waals surface area contributed by atoms with Crippen molar-refractivity contribution in [1.29, 1.82) is 5.26 Å². The normalized spacial score (nSPS) is 24.5. The van der Waals surface area contributed by atoms with Gasteiger partial charge in [0.25, 0.3) is 0 Å². The Morgan fingerprint density at radius 2 is 2.00 bits per heavy atom. The van der Waals surface area contributed by atoms with E-state index in [1.165, 1.54) is 6.07 Å². The first kappa shape index (κ1) is 27.3. The van der Waals surface area contributed by atoms with Crippen LogP contribution in [0.5, 0.6) is 5.75 Å². The Balaban J connectivity index is 1.33. The van der Waals surface area contributed by atoms with E-state index in [2.05, 4.69) is 16.3 Å². The molecule has 9 heteroatoms. The number of benzene rings is 1. The van der Waals surface area contributed by atoms with Crippen molar-refractivity contribution in [2.75, 3.05) is 39.3 Å². The SMILES string of the molecule is CC(C)(C)OC(=O)N1[C@@H]2CC[C@@H](C2)[C@H]1C(=O)C[C@H](C#N)Cc1ccc(OCCN2CCNCC2)cc1F. The van der Waals surface area contributed by atoms with E-state index in [4.69, 9.17) is 9.47 Å². The van der Waals surface area contributed by atoms with Crippen molar-refractivity contribution in [2.45, 2.75) is 70.6 Å². The van der Waals surface area contributed by atoms with Crippen molar-refractivity contribution in [2.24, 2.45) is 11.8 Å². The Bertz CT molecular complexity index is 1010. The molecule has 0 spiro atoms. The molecule has 4 rings (SSSR count). The van der Waals surface area contributed by atoms with Crippen LogP contribution in [0.15, 0.2) is 18.2 Å². The highest BCUT2D eigenvalue weighted by Gasteiger charge is 2.52. The number of nitrogens with one attached hydrogen (secondary N) is 1. The van der Waals surface area contributed by atoms with Gasteiger partial charge in [0.1, 0.15) is 23.8 Å². The molecule has 2 aliphatic heterocycles. The van der Waals surface area contributed by atoms with Gasteiger partial charge in [0.2, 0.25) is 0 Å². The lowest BCUT2D eigenvalue weighted by Gasteiger charge is -2.35. The molecule has 0 unspecified atom stereocenters. The van der Waals surface area contributed by atoms with Crippen molar-refractivity contribution in [3.05, 3.63) is 29.6 Å². The highest BCUT2D eigenvalue weighted by atomic mass is 19.1. The maximum absolute atomic E-state index is 14.9. The summed E-state index contributed by atoms with van der Waals surface area (Å²) in [6.07, 6.45) is 2.18. The van der Waals surface area contributed by atoms with Crippen molar-refractivity contribution in [1.82, 2.24) is 15.1 Å². The number of amides is 1. The van der Waals surface area contributed by atoms with E-state index < -0.39 is 29.5 Å². The lowest BCUT2D eigenvalue weighted by Crippen LogP contribution is -2.51. The summed E-state index contributed by atoms with van der Waals surface area (Å²) < 4.78 is 26.2. The van der Waals surface area contributed by atoms with E-state index >= 15 is 0 Å². The number of carbonyl (C=O) groups excluding carboxylic acids is 2. The third-order valence-corrected chi connectivity index (χ3v) is 7.53. The molecule has 1 aliphatic carbocycles. The van der Waals surface area contributed by atoms with Crippen molar-refractivity contribution < 1.29 is 23.5 Å². The van der Waals surface area contributed by atoms with Gasteiger partial charge < -0.3 is 14.8 Å². The van der Waals surface area contributed by atoms with Gasteiger partial charge in [-0.3, -0.25) is 14.6 Å². The van der Waals surface area contributed by atoms with Crippen molar-refractivity contribution >= 4 is 11.9 Å². The maximum atomic E-state index is 14.9. The molecule has 3 fully saturated rings. The molecule has 1 aromatic carbocycles. The van der Waals surface area contributed by atoms with Gasteiger partial charge in [0.05, 0.1) is 18.0 Å². The molecule has 8 nitrogen and oxygen atoms in total. The highest BCUT2D eigenvalue weighted by Crippen LogP contribution is 2.44. The van der Waals surface area contributed by atoms with Gasteiger partial charge in [-0.15, -0.1) is 0 Å². The van der Waals surface area contributed by atoms with E-state index in [9.17, 15) is 19.2 Å². The van der Waals surface area contributed by atoms with Crippen LogP contribution in [0.25, 0.3) is 0 Å². The van der Waals surface area contributed by atoms with E-state index in [-0.39, 0.29) is 30.6 Å². The van der Waals surface area contributed by atoms with Crippen LogP contribution in [-0.4, -0.2) is 78.7 Å². The molecule has 1 N–H and O–H groups in total. The zero-order chi connectivity index (χ0) is 26.6. The molecule has 2 saturated heterocycles. The number of nitrogens with zero attached hydrogens (tertiary/aromatic N) is 3. The Morgan fingerprint density at radius 3 is 2.68 bits per heavy atom. The van der Waals surface area contributed by atoms with Gasteiger partial charge in [-0.2, -0.15) is 5.26 Å². The Labute approximate surface area is 219 Å². The summed E-state index contributed by atoms with van der Waals surface area (Å²) in [5.41, 5.74) is -0.272. The van der Waals surface area contributed by atoms with E-state index in [1.54, 1.807) is 37.8 Å². The largest absolute Gasteiger partial charge is 0.492 e. The minimum absolute atomic E-state index is 0.00547. The number of carbonyl (C=O) groups is 2. The molecule has 202 valence electrons. The van der Waals surface area contributed by atoms with Crippen LogP contribution < -0.4 is 10.1 Å². The number of hydrogen-bond acceptors (Lipinski definition) is 7. The van der Waals surface area contributed by atoms with Gasteiger partial charge in [0, 0.05) is 51.3 Å². The fourth-order valence-electron chi connectivity index (χ4n) is 5.78. The van der Waals surface area contributed by atoms with Gasteiger partial charge in [-0.05, 0) is 64.0 Å². The second-order valence-corrected chi connectivity index (χ2v) is 11.5. The molecule has 4 atom stereocenters. The lowest BCUT2D eigenvalue weighted by atomic mass is 9.88. The molecule has 0 aromatic heterocycles. The number of fused-ring (bicyclic) bond motifs is 2. The van der Waals surface area contributed by atoms with Gasteiger partial charge >= 0.3 is 6.09 Å². The standard InChI is InChI=1S/C28H39FN4O4/c1-28(2,3)37-27(35)33-22-6-4-21(16-22)26(33)25(34)15-19(18-30)14-20-5-7-23(17-24(20)29)36-13-12-32-10-8-31-9-11-32/h5,7,17,19,21-22,26,31H,4,6,8-16H2,1-3H3/t19-,21+,22-,26+/m1/s1. The fraction of sp³-hybridized carbons (Fsp3) is 0.679. The number of rotatable bonds is 9. The van der Waals surface area contributed by atoms with Crippen LogP contribution in [0.2, 0.25) is 0 Å². The fourth-order valence-corrected chi connectivity index (χ4v) is 5.78. The summed E-state index contributed by atoms with van der Waals surface area (Å²) in [5.74, 6) is -0.712. The Hall–Kier alpha value is -2.70. The molecule has 1 aromatic rings. The molecule has 2 heterocycles. The van der Waals surface area contributed by atoms with Crippen LogP contribution in [0.3, 0.4) is 0 Å². The molecule has 1 amide bonds. The van der Waals surface area contributed by atoms with Crippen LogP contribution in [0.4, 0.5) is 9.18 Å². The molecular weight excluding hydrogens is 475 g/mol. The highest BCUT2D eigenvalue weighted by molar-refractivity contribution is 5.89. The molecule has 1 saturated carbocycles. The van der Waals surface area contributed by atoms with Crippen LogP contribution in [-0.2, 0) is 16.0 Å². The number of nitriles is 1. The summed E-state index contributed by atoms with van der Waals surface area (Å²) in [4.78, 5) is 30.1. The maximum Gasteiger partial charge on any atom is 0.411 e. The number of halogens is 1. The summed E-state index contributed by atoms with van der Waals surface area (Å²) in [6.45, 7) is 10.6. The van der Waals surface area contributed by atoms with E-state index in [1.807, 2.05) is 0 Å². The number of hydrogen-bond donors (Lipinski definition) is 1. The quantitative estimate of drug-likeness (QED) is 0.539. The van der Waals surface area contributed by atoms with Crippen molar-refractivity contribution in [3.63, 3.8) is 0 Å². The number of ether oxygens (including phenoxy) is 2. The van der Waals surface area contributed by atoms with Crippen molar-refractivity contribution in [3.8, 4) is 11.8 Å². The number of ketones is 1. The first-order chi connectivity index (χ1) is 17.6. The van der Waals surface area contributed by atoms with Crippen LogP contribution in [0, 0.1) is 29.0 Å². The zero-order valence-corrected chi connectivity index (χ0v) is 22.2. The lowest BCUT2D eigenvalue weighted by molar-refractivity contribution is -0.126. The second kappa shape index (κ2) is 11.8. The first-order valence-electron chi connectivity index (χ1n) is 13.4. The number of Topliss-reactive ketones (excluding diaryl/α,β-unsaturated/α-hetero) is 1. The minimum Gasteiger partial charge on any atom is -0.492 e. The molecule has 3 aliphatic rings. The average Bonchev–Trinajstić information content (AvgIpc) is 3.47. The Kier molecular flexibility index (Phi) is 8.71. The molecule has 37 heavy (non-hydrogen) atoms. The Morgan fingerprint density at radius 1 is 1.24 bits per heavy atom. The summed E-state index contributed by atoms with van der Waals surface area (Å²) in [5, 5.41) is 13.1. The molecular formula is C28H39FN4O4. The zero-order valence-electron chi connectivity index (χ0n) is 22.2. The van der Waals surface area contributed by atoms with Crippen LogP contribution in [0.1, 0.15) is 52.0 Å². The molecule has 2 bridgehead atoms. The van der Waals surface area contributed by atoms with Crippen LogP contribution >= 0.6 is 0 Å². The summed E-state index contributed by atoms with van der Waals surface area (Å²) in [7, 11) is 0. The van der Waals surface area contributed by atoms with Gasteiger partial charge in [-0.1, -0.05) is 6.07 Å². The smallest absolute Gasteiger partial charge is 0.411 e. The minimum atomic E-state index is -0.680. The van der Waals surface area contributed by atoms with E-state index in [0.29, 0.717) is 17.9 Å². The second-order valence-electron chi connectivity index (χ2n) is 11.5. The average molecular weight is 515 g/mol. The monoisotopic (exact) mass is 514 g/mol. The summed E-state index contributed by atoms with van der Waals surface area (Å²) in [6, 6.07) is 6.32. The number of likely N-dealkylation sites (tertiary alicyclic amines) is 1. The third kappa shape index (κ3) is 6.99. The summed E-state index contributed by atoms with van der Waals surface area (Å²) >= 11 is 0.